The topological polar surface area (TPSA) is 85.5 Å². The molecular formula is C24H35N3O3. The van der Waals surface area contributed by atoms with E-state index in [2.05, 4.69) is 18.8 Å². The highest BCUT2D eigenvalue weighted by Gasteiger charge is 2.28. The molecule has 0 bridgehead atoms. The van der Waals surface area contributed by atoms with Crippen LogP contribution < -0.4 is 10.6 Å². The highest BCUT2D eigenvalue weighted by atomic mass is 16.5. The number of pyridine rings is 1. The third-order valence-electron chi connectivity index (χ3n) is 5.04. The predicted molar refractivity (Wildman–Crippen MR) is 123 cm³/mol. The molecule has 2 heterocycles. The van der Waals surface area contributed by atoms with Crippen LogP contribution in [0.2, 0.25) is 0 Å². The monoisotopic (exact) mass is 413 g/mol. The molecule has 1 amide bonds. The second-order valence-electron chi connectivity index (χ2n) is 6.94. The molecule has 1 aliphatic heterocycles. The van der Waals surface area contributed by atoms with E-state index in [9.17, 15) is 9.59 Å². The van der Waals surface area contributed by atoms with Crippen LogP contribution in [0.4, 0.5) is 11.5 Å². The number of nitrogen functional groups attached to an aromatic ring is 1. The van der Waals surface area contributed by atoms with Crippen LogP contribution in [0.1, 0.15) is 63.0 Å². The van der Waals surface area contributed by atoms with E-state index < -0.39 is 0 Å². The Hall–Kier alpha value is -2.89. The molecule has 1 unspecified atom stereocenters. The summed E-state index contributed by atoms with van der Waals surface area (Å²) in [6.45, 7) is 12.4. The molecule has 0 fully saturated rings. The van der Waals surface area contributed by atoms with Crippen LogP contribution in [0.25, 0.3) is 0 Å². The van der Waals surface area contributed by atoms with Crippen molar-refractivity contribution in [1.82, 2.24) is 4.98 Å². The molecule has 0 saturated carbocycles. The molecule has 2 atom stereocenters. The van der Waals surface area contributed by atoms with Crippen molar-refractivity contribution in [3.63, 3.8) is 0 Å². The molecule has 6 heteroatoms. The third kappa shape index (κ3) is 6.58. The maximum Gasteiger partial charge on any atom is 0.338 e. The van der Waals surface area contributed by atoms with Crippen molar-refractivity contribution < 1.29 is 14.3 Å². The largest absolute Gasteiger partial charge is 0.462 e. The Morgan fingerprint density at radius 3 is 2.47 bits per heavy atom. The fraction of sp³-hybridized carbons (Fsp3) is 0.458. The van der Waals surface area contributed by atoms with E-state index in [0.29, 0.717) is 23.9 Å². The Morgan fingerprint density at radius 2 is 1.93 bits per heavy atom. The summed E-state index contributed by atoms with van der Waals surface area (Å²) in [5, 5.41) is 0. The van der Waals surface area contributed by atoms with Crippen molar-refractivity contribution in [1.29, 1.82) is 0 Å². The summed E-state index contributed by atoms with van der Waals surface area (Å²) < 4.78 is 5.00. The van der Waals surface area contributed by atoms with E-state index in [-0.39, 0.29) is 12.0 Å². The summed E-state index contributed by atoms with van der Waals surface area (Å²) in [5.41, 5.74) is 9.07. The Morgan fingerprint density at radius 1 is 1.23 bits per heavy atom. The fourth-order valence-electron chi connectivity index (χ4n) is 3.15. The van der Waals surface area contributed by atoms with Gasteiger partial charge in [0.15, 0.2) is 0 Å². The lowest BCUT2D eigenvalue weighted by Gasteiger charge is -2.37. The minimum absolute atomic E-state index is 0.179. The maximum atomic E-state index is 11.7. The van der Waals surface area contributed by atoms with Crippen LogP contribution in [0.3, 0.4) is 0 Å². The number of amides is 1. The average molecular weight is 414 g/mol. The van der Waals surface area contributed by atoms with E-state index in [4.69, 9.17) is 10.5 Å². The molecule has 0 radical (unpaired) electrons. The summed E-state index contributed by atoms with van der Waals surface area (Å²) in [4.78, 5) is 28.6. The number of hydrogen-bond acceptors (Lipinski definition) is 5. The van der Waals surface area contributed by atoms with Gasteiger partial charge in [-0.15, -0.1) is 0 Å². The molecule has 30 heavy (non-hydrogen) atoms. The van der Waals surface area contributed by atoms with E-state index in [0.717, 1.165) is 30.5 Å². The van der Waals surface area contributed by atoms with E-state index in [1.807, 2.05) is 45.0 Å². The second kappa shape index (κ2) is 12.6. The van der Waals surface area contributed by atoms with Crippen molar-refractivity contribution in [3.8, 4) is 0 Å². The summed E-state index contributed by atoms with van der Waals surface area (Å²) in [7, 11) is 0. The first-order valence-corrected chi connectivity index (χ1v) is 10.6. The Labute approximate surface area is 180 Å². The first-order chi connectivity index (χ1) is 14.4. The maximum absolute atomic E-state index is 11.7. The quantitative estimate of drug-likeness (QED) is 0.582. The molecule has 0 saturated heterocycles. The van der Waals surface area contributed by atoms with Gasteiger partial charge in [-0.25, -0.2) is 9.78 Å². The molecule has 2 N–H and O–H groups in total. The number of ether oxygens (including phenoxy) is 1. The lowest BCUT2D eigenvalue weighted by molar-refractivity contribution is -0.108. The van der Waals surface area contributed by atoms with Gasteiger partial charge in [-0.05, 0) is 68.0 Å². The normalized spacial score (nSPS) is 16.8. The van der Waals surface area contributed by atoms with Gasteiger partial charge < -0.3 is 15.4 Å². The van der Waals surface area contributed by atoms with Gasteiger partial charge >= 0.3 is 5.97 Å². The van der Waals surface area contributed by atoms with Gasteiger partial charge in [-0.2, -0.15) is 0 Å². The minimum atomic E-state index is -0.311. The SMILES string of the molecule is CC.CCOC(=O)c1ccc2c(c1)CC(C)[C@H](C)N2C=O.CCc1ccc(N)nc1. The molecule has 6 nitrogen and oxygen atoms in total. The molecule has 0 aliphatic carbocycles. The number of nitrogens with two attached hydrogens (primary N) is 1. The van der Waals surface area contributed by atoms with Crippen LogP contribution in [0, 0.1) is 5.92 Å². The van der Waals surface area contributed by atoms with Gasteiger partial charge in [0.25, 0.3) is 0 Å². The van der Waals surface area contributed by atoms with Crippen molar-refractivity contribution in [2.45, 2.75) is 60.4 Å². The smallest absolute Gasteiger partial charge is 0.338 e. The number of aromatic nitrogens is 1. The number of nitrogens with zero attached hydrogens (tertiary/aromatic N) is 2. The predicted octanol–water partition coefficient (Wildman–Crippen LogP) is 4.66. The number of fused-ring (bicyclic) bond motifs is 1. The minimum Gasteiger partial charge on any atom is -0.462 e. The van der Waals surface area contributed by atoms with Gasteiger partial charge in [0.2, 0.25) is 6.41 Å². The van der Waals surface area contributed by atoms with Gasteiger partial charge in [0.05, 0.1) is 12.2 Å². The molecule has 2 aromatic rings. The van der Waals surface area contributed by atoms with Gasteiger partial charge in [0, 0.05) is 17.9 Å². The van der Waals surface area contributed by atoms with E-state index in [1.165, 1.54) is 5.56 Å². The van der Waals surface area contributed by atoms with Crippen molar-refractivity contribution >= 4 is 23.9 Å². The van der Waals surface area contributed by atoms with Crippen LogP contribution in [0.5, 0.6) is 0 Å². The second-order valence-corrected chi connectivity index (χ2v) is 6.94. The first kappa shape index (κ1) is 25.1. The highest BCUT2D eigenvalue weighted by Crippen LogP contribution is 2.33. The van der Waals surface area contributed by atoms with E-state index in [1.54, 1.807) is 24.1 Å². The lowest BCUT2D eigenvalue weighted by atomic mass is 9.87. The number of hydrogen-bond donors (Lipinski definition) is 1. The summed E-state index contributed by atoms with van der Waals surface area (Å²) >= 11 is 0. The third-order valence-corrected chi connectivity index (χ3v) is 5.04. The number of carbonyl (C=O) groups is 2. The highest BCUT2D eigenvalue weighted by molar-refractivity contribution is 5.91. The Bertz CT molecular complexity index is 806. The van der Waals surface area contributed by atoms with Gasteiger partial charge in [0.1, 0.15) is 5.82 Å². The number of esters is 1. The Kier molecular flexibility index (Phi) is 10.6. The molecule has 164 valence electrons. The molecular weight excluding hydrogens is 378 g/mol. The van der Waals surface area contributed by atoms with Gasteiger partial charge in [-0.1, -0.05) is 33.8 Å². The number of carbonyl (C=O) groups excluding carboxylic acids is 2. The number of aryl methyl sites for hydroxylation is 1. The number of anilines is 2. The summed E-state index contributed by atoms with van der Waals surface area (Å²) in [5.74, 6) is 0.650. The molecule has 3 rings (SSSR count). The zero-order valence-corrected chi connectivity index (χ0v) is 19.0. The molecule has 1 aromatic carbocycles. The van der Waals surface area contributed by atoms with Crippen molar-refractivity contribution in [2.24, 2.45) is 5.92 Å². The molecule has 0 spiro atoms. The van der Waals surface area contributed by atoms with Gasteiger partial charge in [-0.3, -0.25) is 4.79 Å². The lowest BCUT2D eigenvalue weighted by Crippen LogP contribution is -2.41. The zero-order valence-electron chi connectivity index (χ0n) is 19.0. The molecule has 1 aliphatic rings. The van der Waals surface area contributed by atoms with Crippen LogP contribution in [-0.2, 0) is 22.4 Å². The summed E-state index contributed by atoms with van der Waals surface area (Å²) in [6, 6.07) is 9.38. The fourth-order valence-corrected chi connectivity index (χ4v) is 3.15. The number of rotatable bonds is 4. The zero-order chi connectivity index (χ0) is 22.7. The standard InChI is InChI=1S/C15H19NO3.C7H10N2.C2H6/c1-4-19-15(18)12-5-6-14-13(8-12)7-10(2)11(3)16(14)9-17;1-2-6-3-4-7(8)9-5-6;1-2/h5-6,8-11H,4,7H2,1-3H3;3-5H,2H2,1H3,(H2,8,9);1-2H3/t10?,11-;;/m0../s1. The first-order valence-electron chi connectivity index (χ1n) is 10.6. The van der Waals surface area contributed by atoms with Crippen LogP contribution >= 0.6 is 0 Å². The average Bonchev–Trinajstić information content (AvgIpc) is 2.77. The van der Waals surface area contributed by atoms with Crippen molar-refractivity contribution in [3.05, 3.63) is 53.2 Å². The number of benzene rings is 1. The molecule has 1 aromatic heterocycles. The van der Waals surface area contributed by atoms with Crippen LogP contribution in [0.15, 0.2) is 36.5 Å². The van der Waals surface area contributed by atoms with Crippen molar-refractivity contribution in [2.75, 3.05) is 17.2 Å². The van der Waals surface area contributed by atoms with E-state index >= 15 is 0 Å². The van der Waals surface area contributed by atoms with Crippen LogP contribution in [-0.4, -0.2) is 30.0 Å². The Balaban J connectivity index is 0.000000342. The summed E-state index contributed by atoms with van der Waals surface area (Å²) in [6.07, 6.45) is 4.56.